The van der Waals surface area contributed by atoms with Crippen molar-refractivity contribution in [3.8, 4) is 5.75 Å². The summed E-state index contributed by atoms with van der Waals surface area (Å²) in [6.45, 7) is 2.81. The summed E-state index contributed by atoms with van der Waals surface area (Å²) in [6, 6.07) is 18.3. The number of hydrogen-bond acceptors (Lipinski definition) is 4. The van der Waals surface area contributed by atoms with Crippen molar-refractivity contribution in [1.82, 2.24) is 10.2 Å². The lowest BCUT2D eigenvalue weighted by molar-refractivity contribution is -0.119. The van der Waals surface area contributed by atoms with Gasteiger partial charge in [0.2, 0.25) is 0 Å². The first kappa shape index (κ1) is 25.3. The van der Waals surface area contributed by atoms with Crippen molar-refractivity contribution >= 4 is 47.6 Å². The second kappa shape index (κ2) is 13.5. The van der Waals surface area contributed by atoms with Crippen LogP contribution < -0.4 is 15.8 Å². The Kier molecular flexibility index (Phi) is 11.0. The van der Waals surface area contributed by atoms with E-state index in [1.807, 2.05) is 43.1 Å². The van der Waals surface area contributed by atoms with E-state index < -0.39 is 5.91 Å². The van der Waals surface area contributed by atoms with Gasteiger partial charge >= 0.3 is 0 Å². The molecule has 2 aromatic rings. The number of guanidine groups is 1. The Balaban J connectivity index is 0.00000341. The molecule has 6 nitrogen and oxygen atoms in total. The van der Waals surface area contributed by atoms with Crippen LogP contribution in [0.4, 0.5) is 0 Å². The minimum absolute atomic E-state index is 0. The van der Waals surface area contributed by atoms with Crippen LogP contribution in [0.2, 0.25) is 0 Å². The molecule has 1 aliphatic heterocycles. The number of amides is 1. The standard InChI is InChI=1S/C23H30N4O2S.HI/c1-25-23(26-13-11-18-7-9-20(10-8-18)29-16-22(24)28)27-14-12-19(15-27)17-30-21-5-3-2-4-6-21;/h2-10,19H,11-17H2,1H3,(H2,24,28)(H,25,26);1H. The minimum atomic E-state index is -0.475. The molecule has 1 atom stereocenters. The number of carbonyl (C=O) groups excluding carboxylic acids is 1. The fourth-order valence-corrected chi connectivity index (χ4v) is 4.50. The molecule has 8 heteroatoms. The lowest BCUT2D eigenvalue weighted by Crippen LogP contribution is -2.41. The molecule has 1 amide bonds. The number of hydrogen-bond donors (Lipinski definition) is 2. The van der Waals surface area contributed by atoms with Crippen LogP contribution in [-0.4, -0.2) is 55.8 Å². The fraction of sp³-hybridized carbons (Fsp3) is 0.391. The molecule has 3 rings (SSSR count). The summed E-state index contributed by atoms with van der Waals surface area (Å²) in [5, 5.41) is 3.49. The number of aliphatic imine (C=N–C) groups is 1. The Morgan fingerprint density at radius 1 is 1.23 bits per heavy atom. The Morgan fingerprint density at radius 2 is 1.97 bits per heavy atom. The zero-order chi connectivity index (χ0) is 21.2. The smallest absolute Gasteiger partial charge is 0.255 e. The van der Waals surface area contributed by atoms with E-state index in [4.69, 9.17) is 10.5 Å². The molecule has 168 valence electrons. The highest BCUT2D eigenvalue weighted by molar-refractivity contribution is 14.0. The average Bonchev–Trinajstić information content (AvgIpc) is 3.24. The highest BCUT2D eigenvalue weighted by Crippen LogP contribution is 2.25. The molecule has 0 radical (unpaired) electrons. The normalized spacial score (nSPS) is 16.0. The van der Waals surface area contributed by atoms with Crippen LogP contribution in [0, 0.1) is 5.92 Å². The van der Waals surface area contributed by atoms with Gasteiger partial charge in [-0.3, -0.25) is 9.79 Å². The SMILES string of the molecule is CN=C(NCCc1ccc(OCC(N)=O)cc1)N1CCC(CSc2ccccc2)C1.I. The van der Waals surface area contributed by atoms with E-state index in [1.165, 1.54) is 16.9 Å². The van der Waals surface area contributed by atoms with Crippen LogP contribution in [0.3, 0.4) is 0 Å². The molecule has 0 aliphatic carbocycles. The largest absolute Gasteiger partial charge is 0.484 e. The van der Waals surface area contributed by atoms with Gasteiger partial charge in [0, 0.05) is 37.3 Å². The molecule has 2 aromatic carbocycles. The second-order valence-corrected chi connectivity index (χ2v) is 8.44. The van der Waals surface area contributed by atoms with Gasteiger partial charge in [0.15, 0.2) is 12.6 Å². The number of ether oxygens (including phenoxy) is 1. The first-order chi connectivity index (χ1) is 14.6. The van der Waals surface area contributed by atoms with E-state index in [0.29, 0.717) is 11.7 Å². The number of likely N-dealkylation sites (tertiary alicyclic amines) is 1. The van der Waals surface area contributed by atoms with Crippen molar-refractivity contribution in [3.05, 3.63) is 60.2 Å². The van der Waals surface area contributed by atoms with E-state index in [-0.39, 0.29) is 30.6 Å². The molecule has 1 saturated heterocycles. The zero-order valence-corrected chi connectivity index (χ0v) is 21.0. The second-order valence-electron chi connectivity index (χ2n) is 7.35. The van der Waals surface area contributed by atoms with Crippen molar-refractivity contribution < 1.29 is 9.53 Å². The van der Waals surface area contributed by atoms with Crippen LogP contribution in [0.5, 0.6) is 5.75 Å². The van der Waals surface area contributed by atoms with Crippen LogP contribution >= 0.6 is 35.7 Å². The third-order valence-corrected chi connectivity index (χ3v) is 6.27. The summed E-state index contributed by atoms with van der Waals surface area (Å²) in [5.41, 5.74) is 6.29. The molecular weight excluding hydrogens is 523 g/mol. The van der Waals surface area contributed by atoms with E-state index in [2.05, 4.69) is 45.5 Å². The summed E-state index contributed by atoms with van der Waals surface area (Å²) >= 11 is 1.94. The number of primary amides is 1. The summed E-state index contributed by atoms with van der Waals surface area (Å²) in [7, 11) is 1.85. The Labute approximate surface area is 206 Å². The average molecular weight is 554 g/mol. The Morgan fingerprint density at radius 3 is 2.65 bits per heavy atom. The van der Waals surface area contributed by atoms with Crippen LogP contribution in [0.1, 0.15) is 12.0 Å². The third-order valence-electron chi connectivity index (χ3n) is 5.03. The fourth-order valence-electron chi connectivity index (χ4n) is 3.45. The summed E-state index contributed by atoms with van der Waals surface area (Å²) < 4.78 is 5.29. The molecule has 1 heterocycles. The summed E-state index contributed by atoms with van der Waals surface area (Å²) in [6.07, 6.45) is 2.09. The van der Waals surface area contributed by atoms with Crippen molar-refractivity contribution in [3.63, 3.8) is 0 Å². The first-order valence-corrected chi connectivity index (χ1v) is 11.3. The number of nitrogens with one attached hydrogen (secondary N) is 1. The molecule has 1 aliphatic rings. The maximum atomic E-state index is 10.8. The molecule has 3 N–H and O–H groups in total. The van der Waals surface area contributed by atoms with Crippen LogP contribution in [-0.2, 0) is 11.2 Å². The van der Waals surface area contributed by atoms with Crippen molar-refractivity contribution in [2.45, 2.75) is 17.7 Å². The predicted octanol–water partition coefficient (Wildman–Crippen LogP) is 3.40. The van der Waals surface area contributed by atoms with E-state index >= 15 is 0 Å². The summed E-state index contributed by atoms with van der Waals surface area (Å²) in [4.78, 5) is 18.9. The number of carbonyl (C=O) groups is 1. The van der Waals surface area contributed by atoms with E-state index in [0.717, 1.165) is 37.8 Å². The molecular formula is C23H31IN4O2S. The predicted molar refractivity (Wildman–Crippen MR) is 138 cm³/mol. The number of halogens is 1. The van der Waals surface area contributed by atoms with Crippen molar-refractivity contribution in [2.75, 3.05) is 39.0 Å². The highest BCUT2D eigenvalue weighted by Gasteiger charge is 2.24. The monoisotopic (exact) mass is 554 g/mol. The highest BCUT2D eigenvalue weighted by atomic mass is 127. The molecule has 1 unspecified atom stereocenters. The van der Waals surface area contributed by atoms with Gasteiger partial charge < -0.3 is 20.7 Å². The quantitative estimate of drug-likeness (QED) is 0.215. The van der Waals surface area contributed by atoms with Gasteiger partial charge in [-0.1, -0.05) is 30.3 Å². The zero-order valence-electron chi connectivity index (χ0n) is 17.8. The molecule has 0 bridgehead atoms. The van der Waals surface area contributed by atoms with E-state index in [1.54, 1.807) is 0 Å². The molecule has 1 fully saturated rings. The third kappa shape index (κ3) is 8.60. The van der Waals surface area contributed by atoms with Crippen LogP contribution in [0.25, 0.3) is 0 Å². The maximum absolute atomic E-state index is 10.8. The maximum Gasteiger partial charge on any atom is 0.255 e. The van der Waals surface area contributed by atoms with Gasteiger partial charge in [-0.05, 0) is 48.6 Å². The van der Waals surface area contributed by atoms with Crippen molar-refractivity contribution in [2.24, 2.45) is 16.6 Å². The topological polar surface area (TPSA) is 80.0 Å². The first-order valence-electron chi connectivity index (χ1n) is 10.3. The summed E-state index contributed by atoms with van der Waals surface area (Å²) in [5.74, 6) is 2.97. The van der Waals surface area contributed by atoms with Gasteiger partial charge in [0.05, 0.1) is 0 Å². The Bertz CT molecular complexity index is 833. The molecule has 0 aromatic heterocycles. The number of benzene rings is 2. The number of rotatable bonds is 9. The molecule has 0 spiro atoms. The van der Waals surface area contributed by atoms with Gasteiger partial charge in [0.25, 0.3) is 5.91 Å². The van der Waals surface area contributed by atoms with Gasteiger partial charge in [-0.25, -0.2) is 0 Å². The molecule has 31 heavy (non-hydrogen) atoms. The number of nitrogens with zero attached hydrogens (tertiary/aromatic N) is 2. The number of thioether (sulfide) groups is 1. The van der Waals surface area contributed by atoms with Gasteiger partial charge in [-0.15, -0.1) is 35.7 Å². The number of nitrogens with two attached hydrogens (primary N) is 1. The van der Waals surface area contributed by atoms with Crippen molar-refractivity contribution in [1.29, 1.82) is 0 Å². The minimum Gasteiger partial charge on any atom is -0.484 e. The Hall–Kier alpha value is -1.94. The van der Waals surface area contributed by atoms with Gasteiger partial charge in [0.1, 0.15) is 5.75 Å². The lowest BCUT2D eigenvalue weighted by atomic mass is 10.1. The lowest BCUT2D eigenvalue weighted by Gasteiger charge is -2.21. The van der Waals surface area contributed by atoms with E-state index in [9.17, 15) is 4.79 Å². The molecule has 0 saturated carbocycles. The van der Waals surface area contributed by atoms with Crippen LogP contribution in [0.15, 0.2) is 64.5 Å². The van der Waals surface area contributed by atoms with Gasteiger partial charge in [-0.2, -0.15) is 0 Å².